The quantitative estimate of drug-likeness (QED) is 0.652. The largest absolute Gasteiger partial charge is 0.334 e. The fraction of sp³-hybridized carbons (Fsp3) is 0.500. The van der Waals surface area contributed by atoms with Crippen molar-refractivity contribution in [2.75, 3.05) is 6.26 Å². The molecular formula is C6H9N3O3S. The lowest BCUT2D eigenvalue weighted by Crippen LogP contribution is -2.43. The Morgan fingerprint density at radius 1 is 1.23 bits per heavy atom. The van der Waals surface area contributed by atoms with Crippen LogP contribution in [0, 0.1) is 0 Å². The van der Waals surface area contributed by atoms with E-state index in [4.69, 9.17) is 0 Å². The Morgan fingerprint density at radius 3 is 2.08 bits per heavy atom. The van der Waals surface area contributed by atoms with Gasteiger partial charge in [-0.25, -0.2) is 19.0 Å². The summed E-state index contributed by atoms with van der Waals surface area (Å²) in [6, 6.07) is 0. The highest BCUT2D eigenvalue weighted by Gasteiger charge is 2.08. The van der Waals surface area contributed by atoms with Gasteiger partial charge in [-0.1, -0.05) is 0 Å². The van der Waals surface area contributed by atoms with E-state index in [1.807, 2.05) is 9.97 Å². The first-order chi connectivity index (χ1) is 6.06. The van der Waals surface area contributed by atoms with Crippen molar-refractivity contribution in [1.82, 2.24) is 14.5 Å². The first-order valence-corrected chi connectivity index (χ1v) is 4.83. The predicted molar refractivity (Wildman–Crippen MR) is 50.2 cm³/mol. The second-order valence-electron chi connectivity index (χ2n) is 2.39. The van der Waals surface area contributed by atoms with Crippen molar-refractivity contribution in [3.63, 3.8) is 0 Å². The van der Waals surface area contributed by atoms with Gasteiger partial charge in [0, 0.05) is 0 Å². The summed E-state index contributed by atoms with van der Waals surface area (Å²) >= 11 is 1.33. The highest BCUT2D eigenvalue weighted by Crippen LogP contribution is 2.12. The highest BCUT2D eigenvalue weighted by atomic mass is 32.2. The molecule has 6 nitrogen and oxygen atoms in total. The van der Waals surface area contributed by atoms with Crippen LogP contribution in [0.4, 0.5) is 0 Å². The van der Waals surface area contributed by atoms with E-state index in [-0.39, 0.29) is 5.37 Å². The molecule has 0 aliphatic carbocycles. The molecule has 13 heavy (non-hydrogen) atoms. The summed E-state index contributed by atoms with van der Waals surface area (Å²) < 4.78 is 0.950. The van der Waals surface area contributed by atoms with E-state index in [1.165, 1.54) is 11.8 Å². The van der Waals surface area contributed by atoms with Crippen LogP contribution in [0.1, 0.15) is 12.3 Å². The molecule has 0 bridgehead atoms. The van der Waals surface area contributed by atoms with E-state index in [9.17, 15) is 14.4 Å². The van der Waals surface area contributed by atoms with E-state index in [2.05, 4.69) is 0 Å². The lowest BCUT2D eigenvalue weighted by molar-refractivity contribution is 0.619. The molecule has 1 heterocycles. The maximum atomic E-state index is 11.1. The Labute approximate surface area is 77.0 Å². The summed E-state index contributed by atoms with van der Waals surface area (Å²) in [7, 11) is 0. The zero-order chi connectivity index (χ0) is 10.0. The molecule has 7 heteroatoms. The van der Waals surface area contributed by atoms with E-state index >= 15 is 0 Å². The third-order valence-corrected chi connectivity index (χ3v) is 2.48. The van der Waals surface area contributed by atoms with Crippen LogP contribution < -0.4 is 17.1 Å². The van der Waals surface area contributed by atoms with Crippen molar-refractivity contribution in [2.45, 2.75) is 12.3 Å². The standard InChI is InChI=1S/C6H9N3O3S/c1-3(13-2)9-5(11)7-4(10)8-6(9)12/h3H,1-2H3,(H2,7,8,10,11,12)/t3-/m1/s1. The molecule has 0 unspecified atom stereocenters. The number of hydrogen-bond donors (Lipinski definition) is 2. The lowest BCUT2D eigenvalue weighted by Gasteiger charge is -2.08. The maximum absolute atomic E-state index is 11.1. The minimum Gasteiger partial charge on any atom is -0.259 e. The second-order valence-corrected chi connectivity index (χ2v) is 3.55. The molecule has 1 atom stereocenters. The van der Waals surface area contributed by atoms with E-state index in [1.54, 1.807) is 13.2 Å². The topological polar surface area (TPSA) is 87.7 Å². The highest BCUT2D eigenvalue weighted by molar-refractivity contribution is 7.98. The molecule has 0 spiro atoms. The van der Waals surface area contributed by atoms with Crippen LogP contribution in [0.5, 0.6) is 0 Å². The summed E-state index contributed by atoms with van der Waals surface area (Å²) in [5, 5.41) is -0.298. The van der Waals surface area contributed by atoms with Gasteiger partial charge in [-0.05, 0) is 13.2 Å². The number of nitrogens with zero attached hydrogens (tertiary/aromatic N) is 1. The Balaban J connectivity index is 3.47. The molecule has 0 radical (unpaired) electrons. The van der Waals surface area contributed by atoms with Gasteiger partial charge in [0.05, 0.1) is 5.37 Å². The van der Waals surface area contributed by atoms with Crippen LogP contribution in [-0.2, 0) is 0 Å². The van der Waals surface area contributed by atoms with Gasteiger partial charge in [-0.3, -0.25) is 9.97 Å². The van der Waals surface area contributed by atoms with Gasteiger partial charge in [0.1, 0.15) is 0 Å². The number of thioether (sulfide) groups is 1. The molecule has 0 saturated carbocycles. The Kier molecular flexibility index (Phi) is 2.76. The minimum absolute atomic E-state index is 0.298. The Morgan fingerprint density at radius 2 is 1.69 bits per heavy atom. The van der Waals surface area contributed by atoms with E-state index < -0.39 is 17.1 Å². The van der Waals surface area contributed by atoms with Gasteiger partial charge in [0.25, 0.3) is 0 Å². The predicted octanol–water partition coefficient (Wildman–Crippen LogP) is -0.894. The number of rotatable bonds is 2. The molecule has 0 aliphatic heterocycles. The average Bonchev–Trinajstić information content (AvgIpc) is 2.02. The smallest absolute Gasteiger partial charge is 0.259 e. The van der Waals surface area contributed by atoms with Gasteiger partial charge in [0.15, 0.2) is 0 Å². The third kappa shape index (κ3) is 1.92. The fourth-order valence-corrected chi connectivity index (χ4v) is 1.28. The normalized spacial score (nSPS) is 12.8. The summed E-state index contributed by atoms with van der Waals surface area (Å²) in [4.78, 5) is 36.9. The van der Waals surface area contributed by atoms with Crippen LogP contribution in [0.15, 0.2) is 14.4 Å². The molecule has 72 valence electrons. The number of H-pyrrole nitrogens is 2. The number of aromatic nitrogens is 3. The van der Waals surface area contributed by atoms with Crippen LogP contribution >= 0.6 is 11.8 Å². The first-order valence-electron chi connectivity index (χ1n) is 3.54. The zero-order valence-electron chi connectivity index (χ0n) is 7.16. The van der Waals surface area contributed by atoms with Gasteiger partial charge < -0.3 is 0 Å². The summed E-state index contributed by atoms with van der Waals surface area (Å²) in [5.41, 5.74) is -2.15. The molecule has 2 N–H and O–H groups in total. The van der Waals surface area contributed by atoms with Crippen molar-refractivity contribution < 1.29 is 0 Å². The Hall–Kier alpha value is -1.24. The second kappa shape index (κ2) is 3.65. The van der Waals surface area contributed by atoms with Crippen LogP contribution in [0.3, 0.4) is 0 Å². The van der Waals surface area contributed by atoms with Crippen molar-refractivity contribution in [1.29, 1.82) is 0 Å². The van der Waals surface area contributed by atoms with E-state index in [0.29, 0.717) is 0 Å². The maximum Gasteiger partial charge on any atom is 0.334 e. The summed E-state index contributed by atoms with van der Waals surface area (Å²) in [6.45, 7) is 1.69. The van der Waals surface area contributed by atoms with Gasteiger partial charge in [-0.15, -0.1) is 11.8 Å². The zero-order valence-corrected chi connectivity index (χ0v) is 7.97. The van der Waals surface area contributed by atoms with Crippen molar-refractivity contribution in [2.24, 2.45) is 0 Å². The average molecular weight is 203 g/mol. The minimum atomic E-state index is -0.778. The molecule has 1 aromatic heterocycles. The van der Waals surface area contributed by atoms with Crippen LogP contribution in [0.2, 0.25) is 0 Å². The molecule has 0 fully saturated rings. The molecule has 0 aliphatic rings. The Bertz CT molecular complexity index is 423. The monoisotopic (exact) mass is 203 g/mol. The lowest BCUT2D eigenvalue weighted by atomic mass is 10.7. The number of nitrogens with one attached hydrogen (secondary N) is 2. The molecule has 0 aromatic carbocycles. The van der Waals surface area contributed by atoms with Crippen molar-refractivity contribution >= 4 is 11.8 Å². The van der Waals surface area contributed by atoms with Gasteiger partial charge in [0.2, 0.25) is 0 Å². The number of aromatic amines is 2. The van der Waals surface area contributed by atoms with Gasteiger partial charge in [-0.2, -0.15) is 0 Å². The van der Waals surface area contributed by atoms with Crippen molar-refractivity contribution in [3.05, 3.63) is 31.5 Å². The van der Waals surface area contributed by atoms with Crippen LogP contribution in [-0.4, -0.2) is 20.8 Å². The number of hydrogen-bond acceptors (Lipinski definition) is 4. The molecule has 0 amide bonds. The third-order valence-electron chi connectivity index (χ3n) is 1.58. The van der Waals surface area contributed by atoms with Gasteiger partial charge >= 0.3 is 17.1 Å². The summed E-state index contributed by atoms with van der Waals surface area (Å²) in [6.07, 6.45) is 1.77. The molecule has 0 saturated heterocycles. The molecule has 1 rings (SSSR count). The summed E-state index contributed by atoms with van der Waals surface area (Å²) in [5.74, 6) is 0. The van der Waals surface area contributed by atoms with E-state index in [0.717, 1.165) is 4.57 Å². The molecule has 1 aromatic rings. The fourth-order valence-electron chi connectivity index (χ4n) is 0.874. The molecular weight excluding hydrogens is 194 g/mol. The first kappa shape index (κ1) is 9.85. The SMILES string of the molecule is CS[C@H](C)n1c(=O)[nH]c(=O)[nH]c1=O. The van der Waals surface area contributed by atoms with Crippen LogP contribution in [0.25, 0.3) is 0 Å². The van der Waals surface area contributed by atoms with Crippen molar-refractivity contribution in [3.8, 4) is 0 Å².